The van der Waals surface area contributed by atoms with Crippen LogP contribution < -0.4 is 15.5 Å². The summed E-state index contributed by atoms with van der Waals surface area (Å²) in [6.45, 7) is 9.57. The van der Waals surface area contributed by atoms with E-state index in [2.05, 4.69) is 35.4 Å². The molecule has 1 aromatic heterocycles. The Hall–Kier alpha value is -2.74. The first-order valence-electron chi connectivity index (χ1n) is 10.5. The summed E-state index contributed by atoms with van der Waals surface area (Å²) >= 11 is 0. The van der Waals surface area contributed by atoms with Crippen LogP contribution in [0, 0.1) is 12.7 Å². The monoisotopic (exact) mass is 413 g/mol. The Labute approximate surface area is 178 Å². The smallest absolute Gasteiger partial charge is 0.225 e. The molecule has 2 aromatic rings. The number of guanidine groups is 1. The van der Waals surface area contributed by atoms with Gasteiger partial charge in [-0.25, -0.2) is 14.4 Å². The molecule has 0 aliphatic carbocycles. The molecular weight excluding hydrogens is 381 g/mol. The number of halogens is 1. The highest BCUT2D eigenvalue weighted by molar-refractivity contribution is 5.80. The summed E-state index contributed by atoms with van der Waals surface area (Å²) < 4.78 is 13.8. The van der Waals surface area contributed by atoms with E-state index in [1.54, 1.807) is 32.4 Å². The number of anilines is 1. The third-order valence-electron chi connectivity index (χ3n) is 5.42. The van der Waals surface area contributed by atoms with E-state index in [9.17, 15) is 4.39 Å². The number of aromatic nitrogens is 2. The Morgan fingerprint density at radius 2 is 1.93 bits per heavy atom. The van der Waals surface area contributed by atoms with E-state index in [1.807, 2.05) is 25.1 Å². The second-order valence-corrected chi connectivity index (χ2v) is 7.60. The first-order chi connectivity index (χ1) is 14.6. The van der Waals surface area contributed by atoms with Crippen LogP contribution in [0.3, 0.4) is 0 Å². The van der Waals surface area contributed by atoms with Gasteiger partial charge in [0.15, 0.2) is 5.96 Å². The molecule has 0 spiro atoms. The van der Waals surface area contributed by atoms with Crippen LogP contribution in [0.25, 0.3) is 0 Å². The van der Waals surface area contributed by atoms with E-state index in [0.717, 1.165) is 63.2 Å². The average molecular weight is 414 g/mol. The summed E-state index contributed by atoms with van der Waals surface area (Å²) in [4.78, 5) is 17.7. The Balaban J connectivity index is 1.35. The molecule has 30 heavy (non-hydrogen) atoms. The lowest BCUT2D eigenvalue weighted by Gasteiger charge is -2.34. The lowest BCUT2D eigenvalue weighted by atomic mass is 10.1. The lowest BCUT2D eigenvalue weighted by molar-refractivity contribution is 0.254. The molecule has 2 N–H and O–H groups in total. The van der Waals surface area contributed by atoms with Gasteiger partial charge in [0.05, 0.1) is 6.04 Å². The topological polar surface area (TPSA) is 68.7 Å². The summed E-state index contributed by atoms with van der Waals surface area (Å²) in [5.74, 6) is 1.37. The van der Waals surface area contributed by atoms with E-state index in [-0.39, 0.29) is 11.9 Å². The fourth-order valence-corrected chi connectivity index (χ4v) is 3.50. The molecule has 0 amide bonds. The van der Waals surface area contributed by atoms with Gasteiger partial charge in [0, 0.05) is 52.2 Å². The first kappa shape index (κ1) is 22.0. The van der Waals surface area contributed by atoms with Crippen LogP contribution in [0.2, 0.25) is 0 Å². The molecule has 1 aliphatic rings. The van der Waals surface area contributed by atoms with Gasteiger partial charge in [-0.05, 0) is 50.1 Å². The van der Waals surface area contributed by atoms with Crippen molar-refractivity contribution in [2.24, 2.45) is 4.99 Å². The average Bonchev–Trinajstić information content (AvgIpc) is 2.78. The standard InChI is InChI=1S/C22H32FN7/c1-17-6-7-19(16-20(17)23)18(2)28-21(24-3)25-10-5-11-29-12-14-30(15-13-29)22-26-8-4-9-27-22/h4,6-9,16,18H,5,10-15H2,1-3H3,(H2,24,25,28). The molecule has 0 bridgehead atoms. The van der Waals surface area contributed by atoms with Crippen LogP contribution in [0.15, 0.2) is 41.7 Å². The van der Waals surface area contributed by atoms with E-state index in [0.29, 0.717) is 5.56 Å². The molecule has 8 heteroatoms. The van der Waals surface area contributed by atoms with E-state index >= 15 is 0 Å². The number of hydrogen-bond acceptors (Lipinski definition) is 5. The van der Waals surface area contributed by atoms with Crippen molar-refractivity contribution in [3.05, 3.63) is 53.6 Å². The number of benzene rings is 1. The van der Waals surface area contributed by atoms with Crippen molar-refractivity contribution in [3.8, 4) is 0 Å². The van der Waals surface area contributed by atoms with Crippen LogP contribution in [0.5, 0.6) is 0 Å². The number of aliphatic imine (C=N–C) groups is 1. The maximum atomic E-state index is 13.8. The fraction of sp³-hybridized carbons (Fsp3) is 0.500. The SMILES string of the molecule is CN=C(NCCCN1CCN(c2ncccn2)CC1)NC(C)c1ccc(C)c(F)c1. The normalized spacial score (nSPS) is 16.4. The molecule has 3 rings (SSSR count). The zero-order chi connectivity index (χ0) is 21.3. The quantitative estimate of drug-likeness (QED) is 0.413. The van der Waals surface area contributed by atoms with Gasteiger partial charge >= 0.3 is 0 Å². The Morgan fingerprint density at radius 3 is 2.60 bits per heavy atom. The molecule has 0 radical (unpaired) electrons. The van der Waals surface area contributed by atoms with Gasteiger partial charge < -0.3 is 15.5 Å². The number of hydrogen-bond donors (Lipinski definition) is 2. The lowest BCUT2D eigenvalue weighted by Crippen LogP contribution is -2.47. The minimum absolute atomic E-state index is 0.0282. The van der Waals surface area contributed by atoms with Crippen molar-refractivity contribution in [2.45, 2.75) is 26.3 Å². The molecule has 2 heterocycles. The summed E-state index contributed by atoms with van der Waals surface area (Å²) in [6.07, 6.45) is 4.60. The highest BCUT2D eigenvalue weighted by Crippen LogP contribution is 2.16. The van der Waals surface area contributed by atoms with Crippen molar-refractivity contribution in [1.82, 2.24) is 25.5 Å². The number of nitrogens with zero attached hydrogens (tertiary/aromatic N) is 5. The largest absolute Gasteiger partial charge is 0.356 e. The minimum atomic E-state index is -0.178. The van der Waals surface area contributed by atoms with Gasteiger partial charge in [-0.3, -0.25) is 9.89 Å². The zero-order valence-corrected chi connectivity index (χ0v) is 18.1. The summed E-state index contributed by atoms with van der Waals surface area (Å²) in [6, 6.07) is 7.15. The van der Waals surface area contributed by atoms with Gasteiger partial charge in [0.25, 0.3) is 0 Å². The molecule has 1 aromatic carbocycles. The molecule has 1 unspecified atom stereocenters. The van der Waals surface area contributed by atoms with E-state index in [1.165, 1.54) is 0 Å². The summed E-state index contributed by atoms with van der Waals surface area (Å²) in [7, 11) is 1.75. The van der Waals surface area contributed by atoms with Gasteiger partial charge in [-0.2, -0.15) is 0 Å². The van der Waals surface area contributed by atoms with Crippen molar-refractivity contribution >= 4 is 11.9 Å². The second kappa shape index (κ2) is 10.9. The highest BCUT2D eigenvalue weighted by atomic mass is 19.1. The van der Waals surface area contributed by atoms with Gasteiger partial charge in [-0.1, -0.05) is 12.1 Å². The fourth-order valence-electron chi connectivity index (χ4n) is 3.50. The van der Waals surface area contributed by atoms with Crippen molar-refractivity contribution in [2.75, 3.05) is 51.2 Å². The van der Waals surface area contributed by atoms with Gasteiger partial charge in [0.1, 0.15) is 5.82 Å². The first-order valence-corrected chi connectivity index (χ1v) is 10.5. The predicted molar refractivity (Wildman–Crippen MR) is 119 cm³/mol. The summed E-state index contributed by atoms with van der Waals surface area (Å²) in [5, 5.41) is 6.69. The maximum Gasteiger partial charge on any atom is 0.225 e. The van der Waals surface area contributed by atoms with Crippen molar-refractivity contribution < 1.29 is 4.39 Å². The van der Waals surface area contributed by atoms with Crippen molar-refractivity contribution in [3.63, 3.8) is 0 Å². The van der Waals surface area contributed by atoms with E-state index in [4.69, 9.17) is 0 Å². The summed E-state index contributed by atoms with van der Waals surface area (Å²) in [5.41, 5.74) is 1.56. The Kier molecular flexibility index (Phi) is 7.96. The van der Waals surface area contributed by atoms with Gasteiger partial charge in [0.2, 0.25) is 5.95 Å². The van der Waals surface area contributed by atoms with Crippen molar-refractivity contribution in [1.29, 1.82) is 0 Å². The Bertz CT molecular complexity index is 819. The van der Waals surface area contributed by atoms with Crippen LogP contribution >= 0.6 is 0 Å². The molecule has 162 valence electrons. The van der Waals surface area contributed by atoms with Crippen LogP contribution in [-0.4, -0.2) is 67.1 Å². The molecule has 0 saturated carbocycles. The number of aryl methyl sites for hydroxylation is 1. The van der Waals surface area contributed by atoms with Crippen LogP contribution in [0.1, 0.15) is 30.5 Å². The zero-order valence-electron chi connectivity index (χ0n) is 18.1. The molecule has 1 fully saturated rings. The third kappa shape index (κ3) is 6.13. The Morgan fingerprint density at radius 1 is 1.20 bits per heavy atom. The van der Waals surface area contributed by atoms with Crippen LogP contribution in [0.4, 0.5) is 10.3 Å². The number of rotatable bonds is 7. The minimum Gasteiger partial charge on any atom is -0.356 e. The number of piperazine rings is 1. The molecule has 1 aliphatic heterocycles. The molecule has 1 saturated heterocycles. The van der Waals surface area contributed by atoms with E-state index < -0.39 is 0 Å². The third-order valence-corrected chi connectivity index (χ3v) is 5.42. The molecule has 1 atom stereocenters. The van der Waals surface area contributed by atoms with Gasteiger partial charge in [-0.15, -0.1) is 0 Å². The van der Waals surface area contributed by atoms with Crippen LogP contribution in [-0.2, 0) is 0 Å². The molecular formula is C22H32FN7. The maximum absolute atomic E-state index is 13.8. The molecule has 7 nitrogen and oxygen atoms in total. The number of nitrogens with one attached hydrogen (secondary N) is 2. The predicted octanol–water partition coefficient (Wildman–Crippen LogP) is 2.36. The second-order valence-electron chi connectivity index (χ2n) is 7.60. The highest BCUT2D eigenvalue weighted by Gasteiger charge is 2.18.